The molecular weight excluding hydrogens is 350 g/mol. The SMILES string of the molecule is OC(O)=S.OC(O)=S.OC(O)=S.[Na+].[Na+].[O-]C([O-])=S. The third-order valence-corrected chi connectivity index (χ3v) is 0. The van der Waals surface area contributed by atoms with Gasteiger partial charge in [0.1, 0.15) is 0 Å². The second-order valence-corrected chi connectivity index (χ2v) is 2.53. The van der Waals surface area contributed by atoms with Crippen LogP contribution in [0, 0.1) is 0 Å². The number of hydrogen-bond acceptors (Lipinski definition) is 6. The van der Waals surface area contributed by atoms with Crippen molar-refractivity contribution in [2.75, 3.05) is 0 Å². The van der Waals surface area contributed by atoms with Crippen molar-refractivity contribution in [1.82, 2.24) is 0 Å². The van der Waals surface area contributed by atoms with Gasteiger partial charge in [0.25, 0.3) is 0 Å². The molecule has 0 saturated carbocycles. The van der Waals surface area contributed by atoms with E-state index < -0.39 is 20.9 Å². The summed E-state index contributed by atoms with van der Waals surface area (Å²) in [6.07, 6.45) is 0. The molecule has 0 spiro atoms. The van der Waals surface area contributed by atoms with Gasteiger partial charge >= 0.3 is 74.8 Å². The van der Waals surface area contributed by atoms with Gasteiger partial charge < -0.3 is 40.9 Å². The summed E-state index contributed by atoms with van der Waals surface area (Å²) in [5.41, 5.74) is 0. The van der Waals surface area contributed by atoms with Crippen LogP contribution in [0.2, 0.25) is 0 Å². The molecule has 0 fully saturated rings. The third kappa shape index (κ3) is 7210. The summed E-state index contributed by atoms with van der Waals surface area (Å²) in [5, 5.41) is 57.0. The Balaban J connectivity index is -0.0000000257. The van der Waals surface area contributed by atoms with Gasteiger partial charge in [-0.05, 0) is 0 Å². The van der Waals surface area contributed by atoms with Crippen LogP contribution in [0.1, 0.15) is 0 Å². The van der Waals surface area contributed by atoms with Gasteiger partial charge in [0.2, 0.25) is 0 Å². The zero-order valence-electron chi connectivity index (χ0n) is 9.13. The smallest absolute Gasteiger partial charge is 0.876 e. The Morgan fingerprint density at radius 2 is 0.556 bits per heavy atom. The molecule has 6 N–H and O–H groups in total. The molecule has 18 heavy (non-hydrogen) atoms. The van der Waals surface area contributed by atoms with Gasteiger partial charge in [0.15, 0.2) is 0 Å². The summed E-state index contributed by atoms with van der Waals surface area (Å²) < 4.78 is 0. The van der Waals surface area contributed by atoms with Gasteiger partial charge in [-0.25, -0.2) is 0 Å². The summed E-state index contributed by atoms with van der Waals surface area (Å²) in [6.45, 7) is 0. The molecule has 8 nitrogen and oxygen atoms in total. The molecule has 96 valence electrons. The molecule has 0 saturated heterocycles. The van der Waals surface area contributed by atoms with Crippen LogP contribution >= 0.6 is 48.9 Å². The summed E-state index contributed by atoms with van der Waals surface area (Å²) in [5.74, 6) is 0. The fraction of sp³-hybridized carbons (Fsp3) is 0. The number of aliphatic hydroxyl groups excluding tert-OH is 3. The molecule has 0 amide bonds. The Morgan fingerprint density at radius 1 is 0.556 bits per heavy atom. The zero-order chi connectivity index (χ0) is 14.3. The summed E-state index contributed by atoms with van der Waals surface area (Å²) >= 11 is 14.4. The van der Waals surface area contributed by atoms with Crippen LogP contribution in [0.15, 0.2) is 0 Å². The van der Waals surface area contributed by atoms with Crippen molar-refractivity contribution in [2.24, 2.45) is 0 Å². The van der Waals surface area contributed by atoms with E-state index in [1.54, 1.807) is 0 Å². The number of rotatable bonds is 0. The van der Waals surface area contributed by atoms with Gasteiger partial charge in [-0.3, -0.25) is 0 Å². The molecule has 0 aliphatic carbocycles. The molecular formula is C4H6Na2O8S4. The molecule has 0 aliphatic rings. The molecule has 0 aromatic heterocycles. The van der Waals surface area contributed by atoms with E-state index in [0.29, 0.717) is 0 Å². The molecule has 0 atom stereocenters. The zero-order valence-corrected chi connectivity index (χ0v) is 16.4. The van der Waals surface area contributed by atoms with Gasteiger partial charge in [0, 0.05) is 36.7 Å². The quantitative estimate of drug-likeness (QED) is 0.179. The minimum atomic E-state index is -1.50. The molecule has 0 rings (SSSR count). The minimum Gasteiger partial charge on any atom is -0.876 e. The van der Waals surface area contributed by atoms with Crippen LogP contribution < -0.4 is 69.3 Å². The Bertz CT molecular complexity index is 173. The van der Waals surface area contributed by atoms with Crippen LogP contribution in [0.5, 0.6) is 0 Å². The van der Waals surface area contributed by atoms with Gasteiger partial charge in [-0.1, -0.05) is 0 Å². The summed E-state index contributed by atoms with van der Waals surface area (Å²) in [6, 6.07) is 0. The second kappa shape index (κ2) is 30.6. The first-order chi connectivity index (χ1) is 6.93. The summed E-state index contributed by atoms with van der Waals surface area (Å²) in [7, 11) is 0. The van der Waals surface area contributed by atoms with Crippen LogP contribution in [-0.4, -0.2) is 51.6 Å². The molecule has 0 bridgehead atoms. The Labute approximate surface area is 167 Å². The van der Waals surface area contributed by atoms with Crippen LogP contribution in [-0.2, 0) is 0 Å². The van der Waals surface area contributed by atoms with Crippen molar-refractivity contribution < 1.29 is 100.0 Å². The van der Waals surface area contributed by atoms with E-state index in [2.05, 4.69) is 48.9 Å². The predicted molar refractivity (Wildman–Crippen MR) is 66.2 cm³/mol. The maximum absolute atomic E-state index is 8.70. The fourth-order valence-electron chi connectivity index (χ4n) is 0. The van der Waals surface area contributed by atoms with E-state index in [1.165, 1.54) is 0 Å². The van der Waals surface area contributed by atoms with E-state index in [0.717, 1.165) is 0 Å². The Morgan fingerprint density at radius 3 is 0.556 bits per heavy atom. The molecule has 0 aliphatic heterocycles. The maximum Gasteiger partial charge on any atom is 1.00 e. The van der Waals surface area contributed by atoms with Crippen LogP contribution in [0.4, 0.5) is 0 Å². The van der Waals surface area contributed by atoms with E-state index >= 15 is 0 Å². The van der Waals surface area contributed by atoms with E-state index in [9.17, 15) is 0 Å². The number of aliphatic hydroxyl groups is 6. The van der Waals surface area contributed by atoms with E-state index in [4.69, 9.17) is 40.9 Å². The monoisotopic (exact) mass is 356 g/mol. The molecule has 0 aromatic carbocycles. The van der Waals surface area contributed by atoms with Crippen molar-refractivity contribution in [3.05, 3.63) is 0 Å². The van der Waals surface area contributed by atoms with Crippen molar-refractivity contribution in [3.8, 4) is 0 Å². The van der Waals surface area contributed by atoms with Crippen molar-refractivity contribution >= 4 is 69.8 Å². The third-order valence-electron chi connectivity index (χ3n) is 0. The van der Waals surface area contributed by atoms with Gasteiger partial charge in [0.05, 0.1) is 0 Å². The first-order valence-corrected chi connectivity index (χ1v) is 4.20. The van der Waals surface area contributed by atoms with Crippen molar-refractivity contribution in [3.63, 3.8) is 0 Å². The fourth-order valence-corrected chi connectivity index (χ4v) is 0. The molecule has 14 heteroatoms. The standard InChI is InChI=1S/4CH2O2S.2Na/c4*2-1(3)4;;/h4*(H2,2,3,4);;/q;;;;2*+1/p-2. The Kier molecular flexibility index (Phi) is 61.9. The molecule has 0 radical (unpaired) electrons. The minimum absolute atomic E-state index is 0. The molecule has 0 heterocycles. The first kappa shape index (κ1) is 36.3. The first-order valence-electron chi connectivity index (χ1n) is 2.57. The second-order valence-electron chi connectivity index (χ2n) is 1.10. The number of thiocarbonyl (C=S) groups is 4. The average molecular weight is 356 g/mol. The predicted octanol–water partition coefficient (Wildman–Crippen LogP) is -6.84. The molecule has 0 aromatic rings. The number of hydrogen-bond donors (Lipinski definition) is 6. The Hall–Kier alpha value is 0.760. The van der Waals surface area contributed by atoms with E-state index in [1.807, 2.05) is 0 Å². The van der Waals surface area contributed by atoms with Crippen molar-refractivity contribution in [2.45, 2.75) is 0 Å². The largest absolute Gasteiger partial charge is 1.00 e. The van der Waals surface area contributed by atoms with Crippen LogP contribution in [0.3, 0.4) is 0 Å². The normalized spacial score (nSPS) is 5.33. The van der Waals surface area contributed by atoms with Gasteiger partial charge in [-0.2, -0.15) is 0 Å². The maximum atomic E-state index is 8.70. The summed E-state index contributed by atoms with van der Waals surface area (Å²) in [4.78, 5) is 0. The average Bonchev–Trinajstić information content (AvgIpc) is 1.76. The molecule has 0 unspecified atom stereocenters. The van der Waals surface area contributed by atoms with E-state index in [-0.39, 0.29) is 59.1 Å². The van der Waals surface area contributed by atoms with Crippen LogP contribution in [0.25, 0.3) is 0 Å². The van der Waals surface area contributed by atoms with Crippen molar-refractivity contribution in [1.29, 1.82) is 0 Å². The topological polar surface area (TPSA) is 168 Å². The van der Waals surface area contributed by atoms with Gasteiger partial charge in [-0.15, -0.1) is 17.5 Å².